The summed E-state index contributed by atoms with van der Waals surface area (Å²) in [7, 11) is 1.68. The van der Waals surface area contributed by atoms with Crippen molar-refractivity contribution < 1.29 is 9.47 Å². The summed E-state index contributed by atoms with van der Waals surface area (Å²) >= 11 is 0. The molecule has 2 bridgehead atoms. The summed E-state index contributed by atoms with van der Waals surface area (Å²) in [5, 5.41) is 20.5. The number of hydrogen-bond donors (Lipinski definition) is 0. The van der Waals surface area contributed by atoms with Crippen LogP contribution in [0, 0.1) is 28.1 Å². The lowest BCUT2D eigenvalue weighted by atomic mass is 9.50. The maximum absolute atomic E-state index is 10.3. The Balaban J connectivity index is 1.74. The van der Waals surface area contributed by atoms with Crippen molar-refractivity contribution in [2.45, 2.75) is 83.5 Å². The number of methoxy groups -OCH3 is 1. The van der Waals surface area contributed by atoms with Crippen molar-refractivity contribution in [2.24, 2.45) is 5.41 Å². The van der Waals surface area contributed by atoms with E-state index in [9.17, 15) is 10.5 Å². The smallest absolute Gasteiger partial charge is 0.124 e. The van der Waals surface area contributed by atoms with Crippen molar-refractivity contribution in [1.29, 1.82) is 10.5 Å². The number of unbranched alkanes of at least 4 members (excludes halogenated alkanes) is 1. The Bertz CT molecular complexity index is 1080. The van der Waals surface area contributed by atoms with Crippen LogP contribution in [0.5, 0.6) is 11.5 Å². The first-order valence-electron chi connectivity index (χ1n) is 12.8. The fourth-order valence-electron chi connectivity index (χ4n) is 6.41. The van der Waals surface area contributed by atoms with Gasteiger partial charge in [-0.05, 0) is 80.5 Å². The molecular formula is C30H36N2O2. The third-order valence-corrected chi connectivity index (χ3v) is 8.38. The normalized spacial score (nSPS) is 23.2. The molecule has 0 radical (unpaired) electrons. The van der Waals surface area contributed by atoms with Crippen LogP contribution < -0.4 is 9.47 Å². The van der Waals surface area contributed by atoms with Crippen LogP contribution in [0.2, 0.25) is 0 Å². The quantitative estimate of drug-likeness (QED) is 0.363. The highest BCUT2D eigenvalue weighted by Crippen LogP contribution is 2.61. The lowest BCUT2D eigenvalue weighted by Gasteiger charge is -2.54. The molecule has 3 fully saturated rings. The molecule has 2 aromatic rings. The SMILES string of the molecule is CCCCOc1ccc(-c2cc(OC)c(C34CCC(CCC)(CC3)CC4)c(C#N)c2C#N)cc1. The Labute approximate surface area is 204 Å². The molecule has 4 heteroatoms. The second kappa shape index (κ2) is 10.1. The second-order valence-corrected chi connectivity index (χ2v) is 10.2. The number of rotatable bonds is 9. The van der Waals surface area contributed by atoms with Crippen molar-refractivity contribution >= 4 is 0 Å². The molecule has 3 aliphatic carbocycles. The molecule has 4 nitrogen and oxygen atoms in total. The van der Waals surface area contributed by atoms with E-state index in [4.69, 9.17) is 9.47 Å². The van der Waals surface area contributed by atoms with E-state index in [-0.39, 0.29) is 5.41 Å². The molecule has 0 unspecified atom stereocenters. The number of ether oxygens (including phenoxy) is 2. The predicted molar refractivity (Wildman–Crippen MR) is 135 cm³/mol. The second-order valence-electron chi connectivity index (χ2n) is 10.2. The van der Waals surface area contributed by atoms with E-state index < -0.39 is 0 Å². The van der Waals surface area contributed by atoms with E-state index in [1.165, 1.54) is 32.1 Å². The van der Waals surface area contributed by atoms with Crippen molar-refractivity contribution in [2.75, 3.05) is 13.7 Å². The van der Waals surface area contributed by atoms with Gasteiger partial charge >= 0.3 is 0 Å². The van der Waals surface area contributed by atoms with Crippen molar-refractivity contribution in [3.8, 4) is 34.8 Å². The minimum atomic E-state index is -0.0625. The van der Waals surface area contributed by atoms with Crippen LogP contribution in [0.25, 0.3) is 11.1 Å². The van der Waals surface area contributed by atoms with Gasteiger partial charge in [-0.1, -0.05) is 38.8 Å². The monoisotopic (exact) mass is 456 g/mol. The zero-order valence-electron chi connectivity index (χ0n) is 20.9. The largest absolute Gasteiger partial charge is 0.496 e. The third kappa shape index (κ3) is 4.27. The van der Waals surface area contributed by atoms with Crippen LogP contribution >= 0.6 is 0 Å². The molecule has 3 aliphatic rings. The van der Waals surface area contributed by atoms with Crippen LogP contribution in [-0.2, 0) is 5.41 Å². The number of nitrogens with zero attached hydrogens (tertiary/aromatic N) is 2. The molecule has 3 saturated carbocycles. The highest BCUT2D eigenvalue weighted by molar-refractivity contribution is 5.78. The molecule has 178 valence electrons. The first kappa shape index (κ1) is 24.2. The zero-order chi connectivity index (χ0) is 24.2. The fraction of sp³-hybridized carbons (Fsp3) is 0.533. The van der Waals surface area contributed by atoms with Gasteiger partial charge in [0.05, 0.1) is 24.8 Å². The van der Waals surface area contributed by atoms with E-state index in [2.05, 4.69) is 26.0 Å². The van der Waals surface area contributed by atoms with Crippen LogP contribution in [0.3, 0.4) is 0 Å². The van der Waals surface area contributed by atoms with Gasteiger partial charge in [0.15, 0.2) is 0 Å². The fourth-order valence-corrected chi connectivity index (χ4v) is 6.41. The Hall–Kier alpha value is -2.98. The topological polar surface area (TPSA) is 66.0 Å². The third-order valence-electron chi connectivity index (χ3n) is 8.38. The average Bonchev–Trinajstić information content (AvgIpc) is 2.89. The molecular weight excluding hydrogens is 420 g/mol. The van der Waals surface area contributed by atoms with Gasteiger partial charge in [0.25, 0.3) is 0 Å². The summed E-state index contributed by atoms with van der Waals surface area (Å²) in [4.78, 5) is 0. The summed E-state index contributed by atoms with van der Waals surface area (Å²) in [6, 6.07) is 14.6. The van der Waals surface area contributed by atoms with E-state index in [1.54, 1.807) is 7.11 Å². The minimum absolute atomic E-state index is 0.0625. The molecule has 2 aromatic carbocycles. The Kier molecular flexibility index (Phi) is 7.18. The molecule has 0 heterocycles. The van der Waals surface area contributed by atoms with Gasteiger partial charge in [-0.2, -0.15) is 10.5 Å². The zero-order valence-corrected chi connectivity index (χ0v) is 20.9. The van der Waals surface area contributed by atoms with Gasteiger partial charge in [-0.3, -0.25) is 0 Å². The summed E-state index contributed by atoms with van der Waals surface area (Å²) in [5.74, 6) is 1.57. The highest BCUT2D eigenvalue weighted by atomic mass is 16.5. The molecule has 0 atom stereocenters. The maximum Gasteiger partial charge on any atom is 0.124 e. The lowest BCUT2D eigenvalue weighted by Crippen LogP contribution is -2.44. The summed E-state index contributed by atoms with van der Waals surface area (Å²) in [5.41, 5.74) is 4.01. The van der Waals surface area contributed by atoms with Gasteiger partial charge in [0.1, 0.15) is 23.6 Å². The first-order chi connectivity index (χ1) is 16.5. The van der Waals surface area contributed by atoms with Gasteiger partial charge < -0.3 is 9.47 Å². The van der Waals surface area contributed by atoms with Crippen molar-refractivity contribution in [1.82, 2.24) is 0 Å². The molecule has 34 heavy (non-hydrogen) atoms. The van der Waals surface area contributed by atoms with Crippen LogP contribution in [0.4, 0.5) is 0 Å². The van der Waals surface area contributed by atoms with E-state index >= 15 is 0 Å². The standard InChI is InChI=1S/C30H36N2O2/c1-4-6-18-34-23-9-7-22(8-10-23)24-19-27(33-3)28(26(21-32)25(24)20-31)30-15-12-29(11-5-2,13-16-30)14-17-30/h7-10,19H,4-6,11-18H2,1-3H3. The van der Waals surface area contributed by atoms with E-state index in [1.807, 2.05) is 30.3 Å². The maximum atomic E-state index is 10.3. The summed E-state index contributed by atoms with van der Waals surface area (Å²) in [6.45, 7) is 5.12. The average molecular weight is 457 g/mol. The number of hydrogen-bond acceptors (Lipinski definition) is 4. The highest BCUT2D eigenvalue weighted by Gasteiger charge is 2.51. The Morgan fingerprint density at radius 1 is 0.882 bits per heavy atom. The number of benzene rings is 2. The minimum Gasteiger partial charge on any atom is -0.496 e. The van der Waals surface area contributed by atoms with Gasteiger partial charge in [0, 0.05) is 16.5 Å². The van der Waals surface area contributed by atoms with Crippen LogP contribution in [-0.4, -0.2) is 13.7 Å². The molecule has 0 aliphatic heterocycles. The molecule has 0 N–H and O–H groups in total. The number of fused-ring (bicyclic) bond motifs is 3. The van der Waals surface area contributed by atoms with Crippen LogP contribution in [0.1, 0.15) is 94.7 Å². The van der Waals surface area contributed by atoms with Crippen LogP contribution in [0.15, 0.2) is 30.3 Å². The van der Waals surface area contributed by atoms with Gasteiger partial charge in [0.2, 0.25) is 0 Å². The van der Waals surface area contributed by atoms with Crippen molar-refractivity contribution in [3.05, 3.63) is 47.0 Å². The molecule has 0 spiro atoms. The van der Waals surface area contributed by atoms with Crippen molar-refractivity contribution in [3.63, 3.8) is 0 Å². The predicted octanol–water partition coefficient (Wildman–Crippen LogP) is 7.68. The Morgan fingerprint density at radius 2 is 1.53 bits per heavy atom. The number of nitriles is 2. The van der Waals surface area contributed by atoms with E-state index in [0.29, 0.717) is 23.1 Å². The molecule has 0 saturated heterocycles. The molecule has 0 amide bonds. The molecule has 5 rings (SSSR count). The van der Waals surface area contributed by atoms with E-state index in [0.717, 1.165) is 60.3 Å². The van der Waals surface area contributed by atoms with Gasteiger partial charge in [-0.15, -0.1) is 0 Å². The summed E-state index contributed by atoms with van der Waals surface area (Å²) < 4.78 is 11.7. The lowest BCUT2D eigenvalue weighted by molar-refractivity contribution is 0.0308. The Morgan fingerprint density at radius 3 is 2.06 bits per heavy atom. The summed E-state index contributed by atoms with van der Waals surface area (Å²) in [6.07, 6.45) is 11.5. The van der Waals surface area contributed by atoms with Gasteiger partial charge in [-0.25, -0.2) is 0 Å². The first-order valence-corrected chi connectivity index (χ1v) is 12.8. The molecule has 0 aromatic heterocycles.